The highest BCUT2D eigenvalue weighted by molar-refractivity contribution is 6.30. The van der Waals surface area contributed by atoms with Crippen LogP contribution < -0.4 is 0 Å². The van der Waals surface area contributed by atoms with E-state index in [-0.39, 0.29) is 0 Å². The lowest BCUT2D eigenvalue weighted by Gasteiger charge is -2.07. The van der Waals surface area contributed by atoms with Crippen LogP contribution in [-0.2, 0) is 6.42 Å². The molecule has 1 atom stereocenters. The predicted octanol–water partition coefficient (Wildman–Crippen LogP) is 2.35. The third-order valence-corrected chi connectivity index (χ3v) is 2.10. The summed E-state index contributed by atoms with van der Waals surface area (Å²) in [6.07, 6.45) is 2.09. The SMILES string of the molecule is CCc1cnc(Cl)c(C(C)O)c1. The van der Waals surface area contributed by atoms with Crippen LogP contribution in [0.15, 0.2) is 12.3 Å². The molecule has 0 aromatic carbocycles. The van der Waals surface area contributed by atoms with Crippen molar-refractivity contribution in [2.45, 2.75) is 26.4 Å². The summed E-state index contributed by atoms with van der Waals surface area (Å²) < 4.78 is 0. The van der Waals surface area contributed by atoms with Gasteiger partial charge in [0.25, 0.3) is 0 Å². The Hall–Kier alpha value is -0.600. The molecule has 1 rings (SSSR count). The molecule has 0 amide bonds. The normalized spacial score (nSPS) is 13.0. The Bertz CT molecular complexity index is 273. The Kier molecular flexibility index (Phi) is 3.06. The lowest BCUT2D eigenvalue weighted by molar-refractivity contribution is 0.199. The number of halogens is 1. The van der Waals surface area contributed by atoms with Crippen LogP contribution in [0.2, 0.25) is 5.15 Å². The highest BCUT2D eigenvalue weighted by Crippen LogP contribution is 2.21. The summed E-state index contributed by atoms with van der Waals surface area (Å²) in [7, 11) is 0. The topological polar surface area (TPSA) is 33.1 Å². The summed E-state index contributed by atoms with van der Waals surface area (Å²) in [6.45, 7) is 3.72. The van der Waals surface area contributed by atoms with E-state index in [1.165, 1.54) is 0 Å². The molecule has 0 aliphatic rings. The van der Waals surface area contributed by atoms with Gasteiger partial charge in [-0.3, -0.25) is 0 Å². The van der Waals surface area contributed by atoms with Crippen LogP contribution in [0.25, 0.3) is 0 Å². The molecule has 1 N–H and O–H groups in total. The van der Waals surface area contributed by atoms with Crippen LogP contribution in [0.3, 0.4) is 0 Å². The average molecular weight is 186 g/mol. The lowest BCUT2D eigenvalue weighted by atomic mass is 10.1. The fraction of sp³-hybridized carbons (Fsp3) is 0.444. The van der Waals surface area contributed by atoms with Gasteiger partial charge in [-0.05, 0) is 25.0 Å². The van der Waals surface area contributed by atoms with Crippen LogP contribution in [0.4, 0.5) is 0 Å². The van der Waals surface area contributed by atoms with Crippen molar-refractivity contribution in [2.75, 3.05) is 0 Å². The van der Waals surface area contributed by atoms with Crippen molar-refractivity contribution >= 4 is 11.6 Å². The Labute approximate surface area is 77.2 Å². The zero-order valence-corrected chi connectivity index (χ0v) is 7.97. The number of nitrogens with zero attached hydrogens (tertiary/aromatic N) is 1. The molecule has 1 heterocycles. The van der Waals surface area contributed by atoms with Crippen molar-refractivity contribution in [3.63, 3.8) is 0 Å². The first-order valence-electron chi connectivity index (χ1n) is 3.97. The second-order valence-electron chi connectivity index (χ2n) is 2.75. The first-order chi connectivity index (χ1) is 5.65. The molecule has 0 spiro atoms. The van der Waals surface area contributed by atoms with E-state index >= 15 is 0 Å². The standard InChI is InChI=1S/C9H12ClNO/c1-3-7-4-8(6(2)12)9(10)11-5-7/h4-6,12H,3H2,1-2H3. The van der Waals surface area contributed by atoms with Gasteiger partial charge < -0.3 is 5.11 Å². The second-order valence-corrected chi connectivity index (χ2v) is 3.11. The number of hydrogen-bond donors (Lipinski definition) is 1. The fourth-order valence-corrected chi connectivity index (χ4v) is 1.26. The van der Waals surface area contributed by atoms with Gasteiger partial charge in [0.1, 0.15) is 5.15 Å². The molecule has 0 aliphatic heterocycles. The van der Waals surface area contributed by atoms with Crippen molar-refractivity contribution in [1.82, 2.24) is 4.98 Å². The third kappa shape index (κ3) is 1.96. The summed E-state index contributed by atoms with van der Waals surface area (Å²) in [4.78, 5) is 3.98. The van der Waals surface area contributed by atoms with E-state index in [9.17, 15) is 5.11 Å². The first kappa shape index (κ1) is 9.49. The van der Waals surface area contributed by atoms with Crippen LogP contribution in [0.1, 0.15) is 31.1 Å². The Balaban J connectivity index is 3.08. The van der Waals surface area contributed by atoms with E-state index in [2.05, 4.69) is 4.98 Å². The molecule has 2 nitrogen and oxygen atoms in total. The molecule has 0 radical (unpaired) electrons. The molecule has 12 heavy (non-hydrogen) atoms. The lowest BCUT2D eigenvalue weighted by Crippen LogP contribution is -1.96. The number of rotatable bonds is 2. The van der Waals surface area contributed by atoms with Crippen LogP contribution in [0.5, 0.6) is 0 Å². The molecule has 0 saturated heterocycles. The van der Waals surface area contributed by atoms with E-state index < -0.39 is 6.10 Å². The molecule has 0 saturated carbocycles. The van der Waals surface area contributed by atoms with E-state index in [0.29, 0.717) is 10.7 Å². The molecule has 66 valence electrons. The number of aliphatic hydroxyl groups excluding tert-OH is 1. The number of aromatic nitrogens is 1. The Morgan fingerprint density at radius 3 is 2.83 bits per heavy atom. The minimum atomic E-state index is -0.545. The van der Waals surface area contributed by atoms with E-state index in [0.717, 1.165) is 12.0 Å². The molecular weight excluding hydrogens is 174 g/mol. The maximum absolute atomic E-state index is 9.30. The second kappa shape index (κ2) is 3.87. The molecule has 0 fully saturated rings. The fourth-order valence-electron chi connectivity index (χ4n) is 0.997. The van der Waals surface area contributed by atoms with Crippen molar-refractivity contribution < 1.29 is 5.11 Å². The van der Waals surface area contributed by atoms with Gasteiger partial charge in [-0.15, -0.1) is 0 Å². The first-order valence-corrected chi connectivity index (χ1v) is 4.35. The smallest absolute Gasteiger partial charge is 0.134 e. The van der Waals surface area contributed by atoms with E-state index in [4.69, 9.17) is 11.6 Å². The van der Waals surface area contributed by atoms with Gasteiger partial charge in [-0.25, -0.2) is 4.98 Å². The maximum atomic E-state index is 9.30. The van der Waals surface area contributed by atoms with Crippen LogP contribution in [0, 0.1) is 0 Å². The maximum Gasteiger partial charge on any atom is 0.134 e. The molecule has 0 aliphatic carbocycles. The summed E-state index contributed by atoms with van der Waals surface area (Å²) >= 11 is 5.78. The molecular formula is C9H12ClNO. The molecule has 0 bridgehead atoms. The molecule has 1 unspecified atom stereocenters. The Morgan fingerprint density at radius 1 is 1.67 bits per heavy atom. The molecule has 1 aromatic heterocycles. The van der Waals surface area contributed by atoms with Crippen molar-refractivity contribution in [2.24, 2.45) is 0 Å². The zero-order chi connectivity index (χ0) is 9.14. The minimum Gasteiger partial charge on any atom is -0.389 e. The van der Waals surface area contributed by atoms with E-state index in [1.807, 2.05) is 13.0 Å². The number of aryl methyl sites for hydroxylation is 1. The predicted molar refractivity (Wildman–Crippen MR) is 49.3 cm³/mol. The summed E-state index contributed by atoms with van der Waals surface area (Å²) in [6, 6.07) is 1.89. The quantitative estimate of drug-likeness (QED) is 0.718. The van der Waals surface area contributed by atoms with Gasteiger partial charge in [0.15, 0.2) is 0 Å². The largest absolute Gasteiger partial charge is 0.389 e. The number of aliphatic hydroxyl groups is 1. The minimum absolute atomic E-state index is 0.391. The highest BCUT2D eigenvalue weighted by atomic mass is 35.5. The van der Waals surface area contributed by atoms with Crippen LogP contribution in [-0.4, -0.2) is 10.1 Å². The monoisotopic (exact) mass is 185 g/mol. The summed E-state index contributed by atoms with van der Waals surface area (Å²) in [5.74, 6) is 0. The number of pyridine rings is 1. The van der Waals surface area contributed by atoms with Gasteiger partial charge in [0.05, 0.1) is 6.10 Å². The van der Waals surface area contributed by atoms with Gasteiger partial charge in [0.2, 0.25) is 0 Å². The van der Waals surface area contributed by atoms with Crippen molar-refractivity contribution in [3.05, 3.63) is 28.5 Å². The third-order valence-electron chi connectivity index (χ3n) is 1.78. The molecule has 1 aromatic rings. The number of hydrogen-bond acceptors (Lipinski definition) is 2. The van der Waals surface area contributed by atoms with Crippen LogP contribution >= 0.6 is 11.6 Å². The summed E-state index contributed by atoms with van der Waals surface area (Å²) in [5, 5.41) is 9.69. The summed E-state index contributed by atoms with van der Waals surface area (Å²) in [5.41, 5.74) is 1.80. The van der Waals surface area contributed by atoms with Gasteiger partial charge in [0, 0.05) is 11.8 Å². The zero-order valence-electron chi connectivity index (χ0n) is 7.21. The van der Waals surface area contributed by atoms with Gasteiger partial charge >= 0.3 is 0 Å². The Morgan fingerprint density at radius 2 is 2.33 bits per heavy atom. The van der Waals surface area contributed by atoms with Crippen molar-refractivity contribution in [1.29, 1.82) is 0 Å². The highest BCUT2D eigenvalue weighted by Gasteiger charge is 2.07. The van der Waals surface area contributed by atoms with E-state index in [1.54, 1.807) is 13.1 Å². The van der Waals surface area contributed by atoms with Gasteiger partial charge in [-0.1, -0.05) is 18.5 Å². The molecule has 3 heteroatoms. The van der Waals surface area contributed by atoms with Gasteiger partial charge in [-0.2, -0.15) is 0 Å². The van der Waals surface area contributed by atoms with Crippen molar-refractivity contribution in [3.8, 4) is 0 Å². The average Bonchev–Trinajstić information content (AvgIpc) is 2.05.